The number of rotatable bonds is 8. The molecular weight excluding hydrogens is 352 g/mol. The van der Waals surface area contributed by atoms with Gasteiger partial charge in [0, 0.05) is 17.9 Å². The van der Waals surface area contributed by atoms with Gasteiger partial charge >= 0.3 is 0 Å². The number of oxime groups is 1. The third-order valence-electron chi connectivity index (χ3n) is 6.23. The minimum Gasteiger partial charge on any atom is -0.399 e. The van der Waals surface area contributed by atoms with E-state index in [9.17, 15) is 5.11 Å². The standard InChI is InChI=1S/C22H32N4O2/c1-17-4-6-18(7-5-17)8-9-19-10-11-22(2,12-13-27)21(25-28-3)20(19)14-26-16-23-15-24-26/h4-7,15-16,19-20,27H,8-14H2,1-3H3/t19-,20+,22+/m1/s1. The van der Waals surface area contributed by atoms with E-state index in [1.54, 1.807) is 19.8 Å². The maximum absolute atomic E-state index is 9.63. The van der Waals surface area contributed by atoms with Crippen molar-refractivity contribution in [1.82, 2.24) is 14.8 Å². The fourth-order valence-electron chi connectivity index (χ4n) is 4.50. The molecule has 1 aromatic heterocycles. The summed E-state index contributed by atoms with van der Waals surface area (Å²) < 4.78 is 1.89. The fraction of sp³-hybridized carbons (Fsp3) is 0.591. The Bertz CT molecular complexity index is 757. The lowest BCUT2D eigenvalue weighted by Crippen LogP contribution is -2.45. The van der Waals surface area contributed by atoms with Gasteiger partial charge in [-0.15, -0.1) is 0 Å². The average Bonchev–Trinajstić information content (AvgIpc) is 3.19. The number of aryl methyl sites for hydroxylation is 2. The second kappa shape index (κ2) is 9.32. The maximum atomic E-state index is 9.63. The molecule has 6 nitrogen and oxygen atoms in total. The summed E-state index contributed by atoms with van der Waals surface area (Å²) in [6.07, 6.45) is 8.32. The Morgan fingerprint density at radius 3 is 2.75 bits per heavy atom. The first kappa shape index (κ1) is 20.5. The Morgan fingerprint density at radius 1 is 1.32 bits per heavy atom. The van der Waals surface area contributed by atoms with Crippen LogP contribution in [-0.2, 0) is 17.8 Å². The van der Waals surface area contributed by atoms with Crippen LogP contribution in [0.15, 0.2) is 42.1 Å². The van der Waals surface area contributed by atoms with Crippen molar-refractivity contribution in [3.63, 3.8) is 0 Å². The monoisotopic (exact) mass is 384 g/mol. The number of benzene rings is 1. The predicted molar refractivity (Wildman–Crippen MR) is 110 cm³/mol. The Labute approximate surface area is 167 Å². The predicted octanol–water partition coefficient (Wildman–Crippen LogP) is 3.64. The van der Waals surface area contributed by atoms with Crippen LogP contribution >= 0.6 is 0 Å². The van der Waals surface area contributed by atoms with Crippen LogP contribution in [0.1, 0.15) is 43.7 Å². The van der Waals surface area contributed by atoms with E-state index in [4.69, 9.17) is 4.84 Å². The fourth-order valence-corrected chi connectivity index (χ4v) is 4.50. The zero-order chi connectivity index (χ0) is 20.0. The van der Waals surface area contributed by atoms with Crippen LogP contribution in [0.2, 0.25) is 0 Å². The van der Waals surface area contributed by atoms with Crippen LogP contribution in [0.4, 0.5) is 0 Å². The van der Waals surface area contributed by atoms with Crippen LogP contribution < -0.4 is 0 Å². The quantitative estimate of drug-likeness (QED) is 0.705. The van der Waals surface area contributed by atoms with Crippen molar-refractivity contribution in [3.8, 4) is 0 Å². The summed E-state index contributed by atoms with van der Waals surface area (Å²) in [5.41, 5.74) is 3.58. The van der Waals surface area contributed by atoms with Crippen LogP contribution in [0.3, 0.4) is 0 Å². The van der Waals surface area contributed by atoms with E-state index in [0.717, 1.165) is 37.9 Å². The lowest BCUT2D eigenvalue weighted by Gasteiger charge is -2.43. The molecule has 0 radical (unpaired) electrons. The molecule has 6 heteroatoms. The van der Waals surface area contributed by atoms with Gasteiger partial charge in [-0.2, -0.15) is 5.10 Å². The van der Waals surface area contributed by atoms with Crippen molar-refractivity contribution >= 4 is 5.71 Å². The summed E-state index contributed by atoms with van der Waals surface area (Å²) in [5.74, 6) is 0.712. The average molecular weight is 385 g/mol. The molecule has 0 bridgehead atoms. The summed E-state index contributed by atoms with van der Waals surface area (Å²) in [5, 5.41) is 18.4. The van der Waals surface area contributed by atoms with Gasteiger partial charge in [-0.3, -0.25) is 4.68 Å². The highest BCUT2D eigenvalue weighted by molar-refractivity contribution is 5.92. The summed E-state index contributed by atoms with van der Waals surface area (Å²) in [6, 6.07) is 8.81. The van der Waals surface area contributed by atoms with Gasteiger partial charge in [0.1, 0.15) is 19.8 Å². The molecule has 3 rings (SSSR count). The number of aliphatic hydroxyl groups excluding tert-OH is 1. The normalized spacial score (nSPS) is 26.5. The van der Waals surface area contributed by atoms with Crippen molar-refractivity contribution in [2.45, 2.75) is 52.5 Å². The van der Waals surface area contributed by atoms with Crippen LogP contribution in [-0.4, -0.2) is 39.3 Å². The first-order valence-electron chi connectivity index (χ1n) is 10.2. The van der Waals surface area contributed by atoms with Crippen molar-refractivity contribution < 1.29 is 9.94 Å². The summed E-state index contributed by atoms with van der Waals surface area (Å²) in [7, 11) is 1.61. The molecule has 0 aliphatic heterocycles. The lowest BCUT2D eigenvalue weighted by atomic mass is 9.62. The van der Waals surface area contributed by atoms with Gasteiger partial charge in [0.15, 0.2) is 0 Å². The van der Waals surface area contributed by atoms with Crippen LogP contribution in [0.25, 0.3) is 0 Å². The Hall–Kier alpha value is -2.21. The van der Waals surface area contributed by atoms with E-state index in [0.29, 0.717) is 12.3 Å². The number of hydrogen-bond donors (Lipinski definition) is 1. The van der Waals surface area contributed by atoms with Gasteiger partial charge in [-0.25, -0.2) is 4.98 Å². The summed E-state index contributed by atoms with van der Waals surface area (Å²) in [4.78, 5) is 9.36. The third-order valence-corrected chi connectivity index (χ3v) is 6.23. The van der Waals surface area contributed by atoms with E-state index in [2.05, 4.69) is 53.4 Å². The Kier molecular flexibility index (Phi) is 6.83. The van der Waals surface area contributed by atoms with Gasteiger partial charge in [0.2, 0.25) is 0 Å². The molecular formula is C22H32N4O2. The van der Waals surface area contributed by atoms with E-state index in [1.807, 2.05) is 4.68 Å². The zero-order valence-electron chi connectivity index (χ0n) is 17.2. The molecule has 1 fully saturated rings. The molecule has 2 aromatic rings. The maximum Gasteiger partial charge on any atom is 0.137 e. The molecule has 0 unspecified atom stereocenters. The molecule has 3 atom stereocenters. The first-order valence-corrected chi connectivity index (χ1v) is 10.2. The van der Waals surface area contributed by atoms with Gasteiger partial charge in [-0.1, -0.05) is 41.9 Å². The van der Waals surface area contributed by atoms with Gasteiger partial charge < -0.3 is 9.94 Å². The van der Waals surface area contributed by atoms with Crippen molar-refractivity contribution in [3.05, 3.63) is 48.0 Å². The smallest absolute Gasteiger partial charge is 0.137 e. The number of hydrogen-bond acceptors (Lipinski definition) is 5. The highest BCUT2D eigenvalue weighted by Crippen LogP contribution is 2.44. The third kappa shape index (κ3) is 4.79. The number of aliphatic hydroxyl groups is 1. The van der Waals surface area contributed by atoms with E-state index < -0.39 is 0 Å². The number of aromatic nitrogens is 3. The highest BCUT2D eigenvalue weighted by Gasteiger charge is 2.44. The number of nitrogens with zero attached hydrogens (tertiary/aromatic N) is 4. The minimum atomic E-state index is -0.142. The Morgan fingerprint density at radius 2 is 2.11 bits per heavy atom. The Balaban J connectivity index is 1.82. The lowest BCUT2D eigenvalue weighted by molar-refractivity contribution is 0.153. The van der Waals surface area contributed by atoms with E-state index in [-0.39, 0.29) is 17.9 Å². The van der Waals surface area contributed by atoms with Gasteiger partial charge in [-0.05, 0) is 50.5 Å². The molecule has 0 saturated heterocycles. The second-order valence-electron chi connectivity index (χ2n) is 8.24. The van der Waals surface area contributed by atoms with Crippen molar-refractivity contribution in [2.24, 2.45) is 22.4 Å². The molecule has 28 heavy (non-hydrogen) atoms. The molecule has 1 aliphatic rings. The summed E-state index contributed by atoms with van der Waals surface area (Å²) in [6.45, 7) is 5.21. The molecule has 1 aliphatic carbocycles. The summed E-state index contributed by atoms with van der Waals surface area (Å²) >= 11 is 0. The molecule has 152 valence electrons. The zero-order valence-corrected chi connectivity index (χ0v) is 17.2. The largest absolute Gasteiger partial charge is 0.399 e. The van der Waals surface area contributed by atoms with Crippen molar-refractivity contribution in [2.75, 3.05) is 13.7 Å². The van der Waals surface area contributed by atoms with Gasteiger partial charge in [0.05, 0.1) is 12.3 Å². The first-order chi connectivity index (χ1) is 13.6. The molecule has 1 N–H and O–H groups in total. The van der Waals surface area contributed by atoms with Gasteiger partial charge in [0.25, 0.3) is 0 Å². The van der Waals surface area contributed by atoms with Crippen LogP contribution in [0.5, 0.6) is 0 Å². The molecule has 1 heterocycles. The molecule has 1 saturated carbocycles. The second-order valence-corrected chi connectivity index (χ2v) is 8.24. The van der Waals surface area contributed by atoms with E-state index in [1.165, 1.54) is 11.1 Å². The topological polar surface area (TPSA) is 72.5 Å². The molecule has 0 amide bonds. The van der Waals surface area contributed by atoms with Crippen LogP contribution in [0, 0.1) is 24.2 Å². The molecule has 1 aromatic carbocycles. The molecule has 0 spiro atoms. The minimum absolute atomic E-state index is 0.142. The SMILES string of the molecule is CON=C1[C@@H](Cn2cncn2)[C@H](CCc2ccc(C)cc2)CC[C@@]1(C)CCO. The van der Waals surface area contributed by atoms with E-state index >= 15 is 0 Å². The highest BCUT2D eigenvalue weighted by atomic mass is 16.6. The van der Waals surface area contributed by atoms with Crippen molar-refractivity contribution in [1.29, 1.82) is 0 Å².